The quantitative estimate of drug-likeness (QED) is 0.233. The van der Waals surface area contributed by atoms with Crippen LogP contribution in [0.25, 0.3) is 10.8 Å². The standard InChI is InChI=1S/C33H25N3O6S2/c1-41-21-14-12-20(13-15-21)36-31(38)27-26(28-30(35-33(40)44-28)43-29(27)32(36)39)19-8-4-9-22(16-19)42-17-25(37)34-24-11-5-7-18-6-2-3-10-23(18)24/h2-16,26-27,29H,17H2,1H3,(H,34,37)(H,35,40)/t26-,27?,29?/m1/s1. The molecule has 0 saturated carbocycles. The molecule has 1 aromatic heterocycles. The number of anilines is 2. The summed E-state index contributed by atoms with van der Waals surface area (Å²) in [5.41, 5.74) is 1.86. The Kier molecular flexibility index (Phi) is 7.19. The number of aromatic nitrogens is 1. The molecule has 3 heterocycles. The first-order chi connectivity index (χ1) is 21.4. The van der Waals surface area contributed by atoms with Crippen LogP contribution < -0.4 is 24.6 Å². The molecule has 3 amide bonds. The molecule has 1 fully saturated rings. The fourth-order valence-corrected chi connectivity index (χ4v) is 8.34. The Morgan fingerprint density at radius 2 is 1.68 bits per heavy atom. The molecule has 2 aliphatic rings. The first-order valence-electron chi connectivity index (χ1n) is 13.8. The number of nitrogens with one attached hydrogen (secondary N) is 2. The van der Waals surface area contributed by atoms with Crippen molar-refractivity contribution < 1.29 is 23.9 Å². The molecule has 220 valence electrons. The topological polar surface area (TPSA) is 118 Å². The molecule has 1 saturated heterocycles. The third-order valence-corrected chi connectivity index (χ3v) is 10.2. The van der Waals surface area contributed by atoms with Crippen LogP contribution in [0.3, 0.4) is 0 Å². The van der Waals surface area contributed by atoms with E-state index in [-0.39, 0.29) is 29.2 Å². The highest BCUT2D eigenvalue weighted by Gasteiger charge is 2.56. The number of carbonyl (C=O) groups excluding carboxylic acids is 3. The third-order valence-electron chi connectivity index (χ3n) is 7.81. The minimum Gasteiger partial charge on any atom is -0.497 e. The molecule has 44 heavy (non-hydrogen) atoms. The van der Waals surface area contributed by atoms with Gasteiger partial charge >= 0.3 is 4.87 Å². The van der Waals surface area contributed by atoms with Crippen LogP contribution in [0.1, 0.15) is 16.4 Å². The second kappa shape index (κ2) is 11.3. The summed E-state index contributed by atoms with van der Waals surface area (Å²) in [5.74, 6) is -1.26. The Morgan fingerprint density at radius 1 is 0.909 bits per heavy atom. The van der Waals surface area contributed by atoms with Gasteiger partial charge < -0.3 is 19.8 Å². The lowest BCUT2D eigenvalue weighted by atomic mass is 9.83. The minimum absolute atomic E-state index is 0.231. The van der Waals surface area contributed by atoms with E-state index in [0.29, 0.717) is 38.3 Å². The molecule has 2 aliphatic heterocycles. The fourth-order valence-electron chi connectivity index (χ4n) is 5.83. The number of amides is 3. The average Bonchev–Trinajstić information content (AvgIpc) is 3.54. The van der Waals surface area contributed by atoms with Crippen molar-refractivity contribution in [2.24, 2.45) is 5.92 Å². The van der Waals surface area contributed by atoms with Crippen molar-refractivity contribution in [2.75, 3.05) is 23.9 Å². The number of carbonyl (C=O) groups is 3. The SMILES string of the molecule is COc1ccc(N2C(=O)C3Sc4[nH]c(=O)sc4[C@H](c4cccc(OCC(=O)Nc5cccc6ccccc56)c4)C3C2=O)cc1. The lowest BCUT2D eigenvalue weighted by Gasteiger charge is -2.30. The number of hydrogen-bond acceptors (Lipinski definition) is 8. The molecular formula is C33H25N3O6S2. The average molecular weight is 624 g/mol. The van der Waals surface area contributed by atoms with Crippen LogP contribution in [-0.2, 0) is 14.4 Å². The number of rotatable bonds is 7. The van der Waals surface area contributed by atoms with E-state index in [1.165, 1.54) is 16.7 Å². The molecule has 0 aliphatic carbocycles. The van der Waals surface area contributed by atoms with E-state index >= 15 is 0 Å². The van der Waals surface area contributed by atoms with Gasteiger partial charge in [0.1, 0.15) is 16.7 Å². The van der Waals surface area contributed by atoms with Gasteiger partial charge in [-0.2, -0.15) is 0 Å². The van der Waals surface area contributed by atoms with Gasteiger partial charge in [0.25, 0.3) is 5.91 Å². The predicted octanol–water partition coefficient (Wildman–Crippen LogP) is 5.41. The number of thiazole rings is 1. The van der Waals surface area contributed by atoms with E-state index in [0.717, 1.165) is 22.1 Å². The first kappa shape index (κ1) is 27.9. The molecule has 11 heteroatoms. The summed E-state index contributed by atoms with van der Waals surface area (Å²) in [6, 6.07) is 27.4. The van der Waals surface area contributed by atoms with Gasteiger partial charge in [0.05, 0.1) is 23.7 Å². The van der Waals surface area contributed by atoms with Gasteiger partial charge in [0.2, 0.25) is 11.8 Å². The van der Waals surface area contributed by atoms with E-state index in [2.05, 4.69) is 10.3 Å². The molecule has 2 N–H and O–H groups in total. The Morgan fingerprint density at radius 3 is 2.50 bits per heavy atom. The van der Waals surface area contributed by atoms with E-state index < -0.39 is 17.1 Å². The zero-order chi connectivity index (χ0) is 30.4. The van der Waals surface area contributed by atoms with Crippen molar-refractivity contribution in [3.63, 3.8) is 0 Å². The second-order valence-corrected chi connectivity index (χ2v) is 12.6. The molecule has 9 nitrogen and oxygen atoms in total. The zero-order valence-electron chi connectivity index (χ0n) is 23.3. The van der Waals surface area contributed by atoms with Gasteiger partial charge in [-0.3, -0.25) is 19.2 Å². The van der Waals surface area contributed by atoms with Crippen molar-refractivity contribution in [3.05, 3.63) is 111 Å². The van der Waals surface area contributed by atoms with Crippen LogP contribution in [-0.4, -0.2) is 41.7 Å². The normalized spacial score (nSPS) is 19.0. The molecule has 0 bridgehead atoms. The molecular weight excluding hydrogens is 599 g/mol. The van der Waals surface area contributed by atoms with E-state index in [1.807, 2.05) is 48.5 Å². The minimum atomic E-state index is -0.738. The number of H-pyrrole nitrogens is 1. The molecule has 7 rings (SSSR count). The van der Waals surface area contributed by atoms with E-state index in [4.69, 9.17) is 9.47 Å². The van der Waals surface area contributed by atoms with Gasteiger partial charge in [0, 0.05) is 21.9 Å². The van der Waals surface area contributed by atoms with Crippen LogP contribution in [0.4, 0.5) is 11.4 Å². The first-order valence-corrected chi connectivity index (χ1v) is 15.5. The summed E-state index contributed by atoms with van der Waals surface area (Å²) in [6.45, 7) is -0.231. The number of methoxy groups -OCH3 is 1. The maximum atomic E-state index is 14.0. The Bertz CT molecular complexity index is 1980. The lowest BCUT2D eigenvalue weighted by Crippen LogP contribution is -2.32. The smallest absolute Gasteiger partial charge is 0.305 e. The van der Waals surface area contributed by atoms with Gasteiger partial charge in [-0.1, -0.05) is 71.6 Å². The molecule has 2 unspecified atom stereocenters. The van der Waals surface area contributed by atoms with E-state index in [9.17, 15) is 19.2 Å². The monoisotopic (exact) mass is 623 g/mol. The highest BCUT2D eigenvalue weighted by molar-refractivity contribution is 8.00. The van der Waals surface area contributed by atoms with Crippen molar-refractivity contribution in [1.82, 2.24) is 4.98 Å². The summed E-state index contributed by atoms with van der Waals surface area (Å²) in [4.78, 5) is 57.4. The number of thioether (sulfide) groups is 1. The molecule has 0 radical (unpaired) electrons. The van der Waals surface area contributed by atoms with Crippen LogP contribution in [0.5, 0.6) is 11.5 Å². The maximum Gasteiger partial charge on any atom is 0.305 e. The Hall–Kier alpha value is -4.87. The molecule has 4 aromatic carbocycles. The van der Waals surface area contributed by atoms with Crippen molar-refractivity contribution in [2.45, 2.75) is 16.2 Å². The van der Waals surface area contributed by atoms with Crippen LogP contribution in [0, 0.1) is 5.92 Å². The number of nitrogens with zero attached hydrogens (tertiary/aromatic N) is 1. The number of hydrogen-bond donors (Lipinski definition) is 2. The third kappa shape index (κ3) is 4.93. The Balaban J connectivity index is 1.15. The summed E-state index contributed by atoms with van der Waals surface area (Å²) in [6.07, 6.45) is 0. The van der Waals surface area contributed by atoms with Crippen molar-refractivity contribution in [1.29, 1.82) is 0 Å². The number of aromatic amines is 1. The van der Waals surface area contributed by atoms with Crippen LogP contribution in [0.15, 0.2) is 101 Å². The summed E-state index contributed by atoms with van der Waals surface area (Å²) in [7, 11) is 1.55. The summed E-state index contributed by atoms with van der Waals surface area (Å²) < 4.78 is 11.1. The maximum absolute atomic E-state index is 14.0. The predicted molar refractivity (Wildman–Crippen MR) is 170 cm³/mol. The van der Waals surface area contributed by atoms with Crippen molar-refractivity contribution >= 4 is 63.0 Å². The highest BCUT2D eigenvalue weighted by atomic mass is 32.2. The summed E-state index contributed by atoms with van der Waals surface area (Å²) in [5, 5.41) is 4.73. The second-order valence-electron chi connectivity index (χ2n) is 10.4. The molecule has 5 aromatic rings. The number of fused-ring (bicyclic) bond motifs is 3. The van der Waals surface area contributed by atoms with Crippen LogP contribution >= 0.6 is 23.1 Å². The fraction of sp³-hybridized carbons (Fsp3) is 0.152. The van der Waals surface area contributed by atoms with Gasteiger partial charge in [-0.25, -0.2) is 4.90 Å². The molecule has 0 spiro atoms. The Labute approximate surface area is 259 Å². The largest absolute Gasteiger partial charge is 0.497 e. The zero-order valence-corrected chi connectivity index (χ0v) is 24.9. The lowest BCUT2D eigenvalue weighted by molar-refractivity contribution is -0.122. The van der Waals surface area contributed by atoms with Gasteiger partial charge in [-0.05, 0) is 53.4 Å². The van der Waals surface area contributed by atoms with Gasteiger partial charge in [-0.15, -0.1) is 0 Å². The molecule has 3 atom stereocenters. The number of ether oxygens (including phenoxy) is 2. The summed E-state index contributed by atoms with van der Waals surface area (Å²) >= 11 is 2.26. The van der Waals surface area contributed by atoms with Crippen molar-refractivity contribution in [3.8, 4) is 11.5 Å². The number of imide groups is 1. The van der Waals surface area contributed by atoms with E-state index in [1.54, 1.807) is 49.6 Å². The number of benzene rings is 4. The van der Waals surface area contributed by atoms with Crippen LogP contribution in [0.2, 0.25) is 0 Å². The van der Waals surface area contributed by atoms with Gasteiger partial charge in [0.15, 0.2) is 6.61 Å². The highest BCUT2D eigenvalue weighted by Crippen LogP contribution is 2.53.